The first-order valence-corrected chi connectivity index (χ1v) is 13.1. The van der Waals surface area contributed by atoms with E-state index in [9.17, 15) is 14.7 Å². The Morgan fingerprint density at radius 2 is 1.68 bits per heavy atom. The second kappa shape index (κ2) is 12.2. The van der Waals surface area contributed by atoms with E-state index in [0.717, 1.165) is 25.7 Å². The number of amides is 2. The Kier molecular flexibility index (Phi) is 10.4. The summed E-state index contributed by atoms with van der Waals surface area (Å²) in [5.41, 5.74) is -0.0195. The van der Waals surface area contributed by atoms with Crippen LogP contribution in [0.2, 0.25) is 0 Å². The van der Waals surface area contributed by atoms with Gasteiger partial charge in [0.2, 0.25) is 11.8 Å². The molecule has 0 spiro atoms. The monoisotopic (exact) mass is 482 g/mol. The first-order chi connectivity index (χ1) is 15.8. The molecule has 0 heterocycles. The molecule has 0 aromatic rings. The zero-order valence-electron chi connectivity index (χ0n) is 22.9. The smallest absolute Gasteiger partial charge is 0.225 e. The number of nitrogens with zero attached hydrogens (tertiary/aromatic N) is 1. The van der Waals surface area contributed by atoms with Crippen LogP contribution < -0.4 is 5.32 Å². The molecule has 2 rings (SSSR count). The number of hydrogen-bond acceptors (Lipinski definition) is 5. The van der Waals surface area contributed by atoms with Crippen LogP contribution in [0.25, 0.3) is 0 Å². The minimum Gasteiger partial charge on any atom is -0.392 e. The van der Waals surface area contributed by atoms with E-state index in [-0.39, 0.29) is 52.4 Å². The first kappa shape index (κ1) is 29.1. The lowest BCUT2D eigenvalue weighted by Gasteiger charge is -2.56. The van der Waals surface area contributed by atoms with Gasteiger partial charge >= 0.3 is 0 Å². The molecule has 0 aliphatic heterocycles. The van der Waals surface area contributed by atoms with Crippen LogP contribution in [0.15, 0.2) is 0 Å². The van der Waals surface area contributed by atoms with Crippen molar-refractivity contribution in [2.75, 3.05) is 40.5 Å². The highest BCUT2D eigenvalue weighted by atomic mass is 16.5. The van der Waals surface area contributed by atoms with E-state index in [4.69, 9.17) is 9.47 Å². The molecule has 34 heavy (non-hydrogen) atoms. The standard InChI is InChI=1S/C27H50N2O5/c1-18(25(32)29(13-15-33-7)14-16-34-8)20-9-11-27(6)12-10-21(19(2)23(27)24(20)31)28-22(30)17-26(3,4)5/h18-21,23-24,31H,9-17H2,1-8H3,(H,28,30)/t18-,19+,20-,21-,23+,24-,27-/m0/s1. The SMILES string of the molecule is COCCN(CCOC)C(=O)[C@@H](C)[C@@H]1CC[C@@]2(C)CC[C@H](NC(=O)CC(C)(C)C)[C@@H](C)[C@@H]2[C@H]1O. The number of ether oxygens (including phenoxy) is 2. The molecule has 198 valence electrons. The van der Waals surface area contributed by atoms with Crippen LogP contribution in [-0.2, 0) is 19.1 Å². The Labute approximate surface area is 207 Å². The Morgan fingerprint density at radius 3 is 2.21 bits per heavy atom. The van der Waals surface area contributed by atoms with E-state index in [1.165, 1.54) is 0 Å². The van der Waals surface area contributed by atoms with Crippen molar-refractivity contribution in [2.24, 2.45) is 34.5 Å². The molecule has 0 radical (unpaired) electrons. The van der Waals surface area contributed by atoms with Gasteiger partial charge in [0.05, 0.1) is 19.3 Å². The van der Waals surface area contributed by atoms with Crippen molar-refractivity contribution < 1.29 is 24.2 Å². The number of rotatable bonds is 10. The lowest BCUT2D eigenvalue weighted by atomic mass is 9.51. The van der Waals surface area contributed by atoms with Crippen molar-refractivity contribution in [3.63, 3.8) is 0 Å². The highest BCUT2D eigenvalue weighted by molar-refractivity contribution is 5.79. The number of hydrogen-bond donors (Lipinski definition) is 2. The fourth-order valence-electron chi connectivity index (χ4n) is 6.44. The number of methoxy groups -OCH3 is 2. The fourth-order valence-corrected chi connectivity index (χ4v) is 6.44. The van der Waals surface area contributed by atoms with Crippen LogP contribution >= 0.6 is 0 Å². The summed E-state index contributed by atoms with van der Waals surface area (Å²) in [5, 5.41) is 14.9. The molecule has 2 amide bonds. The first-order valence-electron chi connectivity index (χ1n) is 13.1. The van der Waals surface area contributed by atoms with E-state index in [1.54, 1.807) is 19.1 Å². The van der Waals surface area contributed by atoms with Crippen LogP contribution in [0.4, 0.5) is 0 Å². The molecule has 7 heteroatoms. The number of carbonyl (C=O) groups excluding carboxylic acids is 2. The van der Waals surface area contributed by atoms with Gasteiger partial charge in [0.25, 0.3) is 0 Å². The van der Waals surface area contributed by atoms with Crippen LogP contribution in [0.1, 0.15) is 73.6 Å². The Balaban J connectivity index is 2.14. The molecule has 0 saturated heterocycles. The van der Waals surface area contributed by atoms with Gasteiger partial charge in [-0.3, -0.25) is 9.59 Å². The van der Waals surface area contributed by atoms with Crippen molar-refractivity contribution in [1.82, 2.24) is 10.2 Å². The molecule has 2 aliphatic rings. The second-order valence-corrected chi connectivity index (χ2v) is 12.3. The molecule has 0 bridgehead atoms. The number of fused-ring (bicyclic) bond motifs is 1. The summed E-state index contributed by atoms with van der Waals surface area (Å²) in [5.74, 6) is -0.0195. The number of nitrogens with one attached hydrogen (secondary N) is 1. The van der Waals surface area contributed by atoms with Gasteiger partial charge < -0.3 is 24.8 Å². The van der Waals surface area contributed by atoms with Crippen molar-refractivity contribution in [3.05, 3.63) is 0 Å². The van der Waals surface area contributed by atoms with Crippen LogP contribution in [0.5, 0.6) is 0 Å². The maximum absolute atomic E-state index is 13.4. The topological polar surface area (TPSA) is 88.1 Å². The summed E-state index contributed by atoms with van der Waals surface area (Å²) >= 11 is 0. The van der Waals surface area contributed by atoms with E-state index in [1.807, 2.05) is 6.92 Å². The largest absolute Gasteiger partial charge is 0.392 e. The highest BCUT2D eigenvalue weighted by Gasteiger charge is 2.54. The summed E-state index contributed by atoms with van der Waals surface area (Å²) in [7, 11) is 3.27. The number of aliphatic hydroxyl groups excluding tert-OH is 1. The van der Waals surface area contributed by atoms with Gasteiger partial charge in [-0.05, 0) is 54.3 Å². The van der Waals surface area contributed by atoms with Gasteiger partial charge in [-0.1, -0.05) is 41.5 Å². The van der Waals surface area contributed by atoms with Gasteiger partial charge in [0.15, 0.2) is 0 Å². The van der Waals surface area contributed by atoms with Gasteiger partial charge in [-0.25, -0.2) is 0 Å². The normalized spacial score (nSPS) is 32.6. The molecule has 2 fully saturated rings. The van der Waals surface area contributed by atoms with Crippen LogP contribution in [-0.4, -0.2) is 74.5 Å². The summed E-state index contributed by atoms with van der Waals surface area (Å²) in [6, 6.07) is 0.0623. The zero-order valence-corrected chi connectivity index (χ0v) is 22.9. The fraction of sp³-hybridized carbons (Fsp3) is 0.926. The summed E-state index contributed by atoms with van der Waals surface area (Å²) in [4.78, 5) is 27.9. The average molecular weight is 483 g/mol. The van der Waals surface area contributed by atoms with E-state index < -0.39 is 6.10 Å². The molecule has 2 N–H and O–H groups in total. The van der Waals surface area contributed by atoms with Crippen LogP contribution in [0, 0.1) is 34.5 Å². The third-order valence-electron chi connectivity index (χ3n) is 8.40. The molecule has 2 aliphatic carbocycles. The molecule has 2 saturated carbocycles. The molecular weight excluding hydrogens is 432 g/mol. The summed E-state index contributed by atoms with van der Waals surface area (Å²) < 4.78 is 10.4. The number of aliphatic hydroxyl groups is 1. The van der Waals surface area contributed by atoms with Gasteiger partial charge in [0, 0.05) is 45.7 Å². The van der Waals surface area contributed by atoms with Crippen LogP contribution in [0.3, 0.4) is 0 Å². The van der Waals surface area contributed by atoms with Gasteiger partial charge in [-0.2, -0.15) is 0 Å². The summed E-state index contributed by atoms with van der Waals surface area (Å²) in [6.45, 7) is 14.6. The predicted molar refractivity (Wildman–Crippen MR) is 134 cm³/mol. The summed E-state index contributed by atoms with van der Waals surface area (Å²) in [6.07, 6.45) is 3.70. The molecule has 0 unspecified atom stereocenters. The number of carbonyl (C=O) groups is 2. The zero-order chi connectivity index (χ0) is 25.7. The molecule has 0 aromatic carbocycles. The molecular formula is C27H50N2O5. The minimum absolute atomic E-state index is 0.0368. The second-order valence-electron chi connectivity index (χ2n) is 12.3. The Hall–Kier alpha value is -1.18. The molecule has 7 nitrogen and oxygen atoms in total. The van der Waals surface area contributed by atoms with Crippen molar-refractivity contribution in [2.45, 2.75) is 85.8 Å². The minimum atomic E-state index is -0.568. The maximum Gasteiger partial charge on any atom is 0.225 e. The molecule has 0 aromatic heterocycles. The maximum atomic E-state index is 13.4. The Bertz CT molecular complexity index is 670. The van der Waals surface area contributed by atoms with E-state index in [2.05, 4.69) is 39.9 Å². The lowest BCUT2D eigenvalue weighted by molar-refractivity contribution is -0.152. The average Bonchev–Trinajstić information content (AvgIpc) is 2.74. The van der Waals surface area contributed by atoms with E-state index >= 15 is 0 Å². The highest BCUT2D eigenvalue weighted by Crippen LogP contribution is 2.55. The quantitative estimate of drug-likeness (QED) is 0.498. The van der Waals surface area contributed by atoms with Crippen molar-refractivity contribution >= 4 is 11.8 Å². The third-order valence-corrected chi connectivity index (χ3v) is 8.40. The Morgan fingerprint density at radius 1 is 1.12 bits per heavy atom. The predicted octanol–water partition coefficient (Wildman–Crippen LogP) is 3.49. The third kappa shape index (κ3) is 7.17. The lowest BCUT2D eigenvalue weighted by Crippen LogP contribution is -2.59. The van der Waals surface area contributed by atoms with Gasteiger partial charge in [-0.15, -0.1) is 0 Å². The van der Waals surface area contributed by atoms with E-state index in [0.29, 0.717) is 32.7 Å². The van der Waals surface area contributed by atoms with Gasteiger partial charge in [0.1, 0.15) is 0 Å². The van der Waals surface area contributed by atoms with Crippen molar-refractivity contribution in [1.29, 1.82) is 0 Å². The van der Waals surface area contributed by atoms with Crippen molar-refractivity contribution in [3.8, 4) is 0 Å². The molecule has 7 atom stereocenters.